The molecule has 1 amide bonds. The quantitative estimate of drug-likeness (QED) is 0.444. The molecule has 1 unspecified atom stereocenters. The Morgan fingerprint density at radius 2 is 2.04 bits per heavy atom. The third-order valence-electron chi connectivity index (χ3n) is 3.57. The molecule has 1 aliphatic rings. The first-order valence-electron chi connectivity index (χ1n) is 7.80. The van der Waals surface area contributed by atoms with Crippen molar-refractivity contribution in [1.29, 1.82) is 0 Å². The van der Waals surface area contributed by atoms with E-state index in [2.05, 4.69) is 20.3 Å². The summed E-state index contributed by atoms with van der Waals surface area (Å²) < 4.78 is 25.3. The number of nitrogens with one attached hydrogen (secondary N) is 3. The number of carbonyl (C=O) groups excluding carboxylic acids is 1. The van der Waals surface area contributed by atoms with Crippen molar-refractivity contribution in [2.45, 2.75) is 45.2 Å². The minimum atomic E-state index is -3.27. The van der Waals surface area contributed by atoms with Crippen LogP contribution in [0.5, 0.6) is 0 Å². The summed E-state index contributed by atoms with van der Waals surface area (Å²) in [5.74, 6) is 0.764. The number of nitrogens with zero attached hydrogens (tertiary/aromatic N) is 2. The lowest BCUT2D eigenvalue weighted by atomic mass is 10.1. The number of rotatable bonds is 6. The molecule has 0 aromatic heterocycles. The molecule has 8 nitrogen and oxygen atoms in total. The first-order valence-corrected chi connectivity index (χ1v) is 9.69. The first-order chi connectivity index (χ1) is 10.6. The Kier molecular flexibility index (Phi) is 6.82. The third kappa shape index (κ3) is 7.17. The van der Waals surface area contributed by atoms with Gasteiger partial charge in [0.1, 0.15) is 0 Å². The minimum absolute atomic E-state index is 0.155. The van der Waals surface area contributed by atoms with Gasteiger partial charge in [-0.3, -0.25) is 9.79 Å². The average Bonchev–Trinajstić information content (AvgIpc) is 2.88. The summed E-state index contributed by atoms with van der Waals surface area (Å²) >= 11 is 0. The van der Waals surface area contributed by atoms with Crippen LogP contribution in [0.2, 0.25) is 0 Å². The van der Waals surface area contributed by atoms with E-state index in [0.29, 0.717) is 25.5 Å². The van der Waals surface area contributed by atoms with E-state index in [9.17, 15) is 13.2 Å². The molecular formula is C14H29N5O3S. The number of likely N-dealkylation sites (tertiary alicyclic amines) is 1. The predicted molar refractivity (Wildman–Crippen MR) is 91.8 cm³/mol. The zero-order valence-electron chi connectivity index (χ0n) is 14.6. The normalized spacial score (nSPS) is 19.8. The molecular weight excluding hydrogens is 318 g/mol. The Balaban J connectivity index is 2.49. The Bertz CT molecular complexity index is 545. The molecule has 1 rings (SSSR count). The molecule has 3 N–H and O–H groups in total. The van der Waals surface area contributed by atoms with Crippen LogP contribution in [0.1, 0.15) is 33.6 Å². The van der Waals surface area contributed by atoms with E-state index in [0.717, 1.165) is 19.2 Å². The van der Waals surface area contributed by atoms with Crippen molar-refractivity contribution in [1.82, 2.24) is 20.3 Å². The van der Waals surface area contributed by atoms with E-state index in [1.807, 2.05) is 11.8 Å². The molecule has 1 fully saturated rings. The monoisotopic (exact) mass is 347 g/mol. The topological polar surface area (TPSA) is 103 Å². The molecule has 134 valence electrons. The Morgan fingerprint density at radius 1 is 1.39 bits per heavy atom. The van der Waals surface area contributed by atoms with Crippen molar-refractivity contribution in [2.75, 3.05) is 32.9 Å². The summed E-state index contributed by atoms with van der Waals surface area (Å²) in [5, 5.41) is 6.40. The van der Waals surface area contributed by atoms with Gasteiger partial charge in [0.15, 0.2) is 5.96 Å². The molecule has 0 aliphatic carbocycles. The lowest BCUT2D eigenvalue weighted by molar-refractivity contribution is -0.129. The third-order valence-corrected chi connectivity index (χ3v) is 4.49. The number of amides is 1. The highest BCUT2D eigenvalue weighted by Crippen LogP contribution is 2.10. The number of hydrogen-bond acceptors (Lipinski definition) is 4. The molecule has 0 bridgehead atoms. The maximum Gasteiger partial charge on any atom is 0.222 e. The molecule has 1 heterocycles. The van der Waals surface area contributed by atoms with Crippen LogP contribution in [-0.2, 0) is 14.8 Å². The second-order valence-electron chi connectivity index (χ2n) is 6.51. The van der Waals surface area contributed by atoms with Gasteiger partial charge >= 0.3 is 0 Å². The van der Waals surface area contributed by atoms with E-state index in [4.69, 9.17) is 0 Å². The second-order valence-corrected chi connectivity index (χ2v) is 8.26. The van der Waals surface area contributed by atoms with Crippen LogP contribution >= 0.6 is 0 Å². The van der Waals surface area contributed by atoms with Crippen molar-refractivity contribution >= 4 is 21.9 Å². The number of sulfonamides is 1. The summed E-state index contributed by atoms with van der Waals surface area (Å²) in [4.78, 5) is 17.7. The molecule has 1 aliphatic heterocycles. The SMILES string of the molecule is CCC(=O)N1CCC(NC(=NC)NCC(C)(C)NS(C)(=O)=O)C1. The highest BCUT2D eigenvalue weighted by molar-refractivity contribution is 7.88. The van der Waals surface area contributed by atoms with Gasteiger partial charge in [0.25, 0.3) is 0 Å². The molecule has 1 atom stereocenters. The van der Waals surface area contributed by atoms with Gasteiger partial charge in [0, 0.05) is 44.7 Å². The average molecular weight is 347 g/mol. The van der Waals surface area contributed by atoms with Gasteiger partial charge in [0.2, 0.25) is 15.9 Å². The van der Waals surface area contributed by atoms with E-state index in [-0.39, 0.29) is 11.9 Å². The Morgan fingerprint density at radius 3 is 2.57 bits per heavy atom. The number of hydrogen-bond donors (Lipinski definition) is 3. The zero-order valence-corrected chi connectivity index (χ0v) is 15.5. The Labute approximate surface area is 139 Å². The highest BCUT2D eigenvalue weighted by Gasteiger charge is 2.27. The smallest absolute Gasteiger partial charge is 0.222 e. The molecule has 0 saturated carbocycles. The minimum Gasteiger partial charge on any atom is -0.355 e. The predicted octanol–water partition coefficient (Wildman–Crippen LogP) is -0.510. The fraction of sp³-hybridized carbons (Fsp3) is 0.857. The van der Waals surface area contributed by atoms with Gasteiger partial charge in [0.05, 0.1) is 6.26 Å². The number of carbonyl (C=O) groups is 1. The fourth-order valence-electron chi connectivity index (χ4n) is 2.56. The van der Waals surface area contributed by atoms with E-state index >= 15 is 0 Å². The van der Waals surface area contributed by atoms with Gasteiger partial charge in [-0.05, 0) is 20.3 Å². The lowest BCUT2D eigenvalue weighted by Crippen LogP contribution is -2.54. The van der Waals surface area contributed by atoms with E-state index < -0.39 is 15.6 Å². The van der Waals surface area contributed by atoms with Crippen LogP contribution < -0.4 is 15.4 Å². The standard InChI is InChI=1S/C14H29N5O3S/c1-6-12(20)19-8-7-11(9-19)17-13(15-4)16-10-14(2,3)18-23(5,21)22/h11,18H,6-10H2,1-5H3,(H2,15,16,17). The van der Waals surface area contributed by atoms with E-state index in [1.54, 1.807) is 20.9 Å². The summed E-state index contributed by atoms with van der Waals surface area (Å²) in [6.07, 6.45) is 2.53. The van der Waals surface area contributed by atoms with Crippen LogP contribution in [0.15, 0.2) is 4.99 Å². The number of aliphatic imine (C=N–C) groups is 1. The van der Waals surface area contributed by atoms with Crippen LogP contribution in [0, 0.1) is 0 Å². The largest absolute Gasteiger partial charge is 0.355 e. The molecule has 23 heavy (non-hydrogen) atoms. The molecule has 0 aromatic carbocycles. The van der Waals surface area contributed by atoms with Crippen LogP contribution in [0.3, 0.4) is 0 Å². The zero-order chi connectivity index (χ0) is 17.7. The van der Waals surface area contributed by atoms with Crippen molar-refractivity contribution in [3.8, 4) is 0 Å². The van der Waals surface area contributed by atoms with Gasteiger partial charge in [-0.25, -0.2) is 13.1 Å². The second kappa shape index (κ2) is 7.96. The van der Waals surface area contributed by atoms with Crippen molar-refractivity contribution < 1.29 is 13.2 Å². The molecule has 0 aromatic rings. The highest BCUT2D eigenvalue weighted by atomic mass is 32.2. The maximum absolute atomic E-state index is 11.7. The van der Waals surface area contributed by atoms with Gasteiger partial charge < -0.3 is 15.5 Å². The van der Waals surface area contributed by atoms with Gasteiger partial charge in [-0.1, -0.05) is 6.92 Å². The van der Waals surface area contributed by atoms with Gasteiger partial charge in [-0.15, -0.1) is 0 Å². The van der Waals surface area contributed by atoms with Crippen LogP contribution in [-0.4, -0.2) is 69.7 Å². The Hall–Kier alpha value is -1.35. The van der Waals surface area contributed by atoms with Crippen LogP contribution in [0.4, 0.5) is 0 Å². The molecule has 9 heteroatoms. The van der Waals surface area contributed by atoms with E-state index in [1.165, 1.54) is 0 Å². The summed E-state index contributed by atoms with van der Waals surface area (Å²) in [6.45, 7) is 7.27. The first kappa shape index (κ1) is 19.7. The van der Waals surface area contributed by atoms with Crippen molar-refractivity contribution in [3.63, 3.8) is 0 Å². The van der Waals surface area contributed by atoms with Crippen molar-refractivity contribution in [3.05, 3.63) is 0 Å². The van der Waals surface area contributed by atoms with Crippen molar-refractivity contribution in [2.24, 2.45) is 4.99 Å². The maximum atomic E-state index is 11.7. The fourth-order valence-corrected chi connectivity index (χ4v) is 3.63. The molecule has 0 spiro atoms. The number of guanidine groups is 1. The summed E-state index contributed by atoms with van der Waals surface area (Å²) in [6, 6.07) is 0.155. The van der Waals surface area contributed by atoms with Gasteiger partial charge in [-0.2, -0.15) is 0 Å². The summed E-state index contributed by atoms with van der Waals surface area (Å²) in [5.41, 5.74) is -0.634. The molecule has 0 radical (unpaired) electrons. The molecule has 1 saturated heterocycles. The summed E-state index contributed by atoms with van der Waals surface area (Å²) in [7, 11) is -1.61. The van der Waals surface area contributed by atoms with Crippen LogP contribution in [0.25, 0.3) is 0 Å². The lowest BCUT2D eigenvalue weighted by Gasteiger charge is -2.27.